The summed E-state index contributed by atoms with van der Waals surface area (Å²) in [5, 5.41) is 0. The van der Waals surface area contributed by atoms with Crippen molar-refractivity contribution in [1.29, 1.82) is 0 Å². The summed E-state index contributed by atoms with van der Waals surface area (Å²) in [5.74, 6) is -0.0521. The number of hydrogen-bond acceptors (Lipinski definition) is 1. The highest BCUT2D eigenvalue weighted by molar-refractivity contribution is 5.98. The fourth-order valence-electron chi connectivity index (χ4n) is 1.17. The molecular weight excluding hydrogens is 174 g/mol. The Morgan fingerprint density at radius 2 is 2.00 bits per heavy atom. The lowest BCUT2D eigenvalue weighted by atomic mass is 10.0. The van der Waals surface area contributed by atoms with E-state index in [4.69, 9.17) is 0 Å². The summed E-state index contributed by atoms with van der Waals surface area (Å²) in [4.78, 5) is 14.5. The van der Waals surface area contributed by atoms with Crippen molar-refractivity contribution in [2.24, 2.45) is 4.99 Å². The third-order valence-corrected chi connectivity index (χ3v) is 1.74. The first-order chi connectivity index (χ1) is 5.36. The summed E-state index contributed by atoms with van der Waals surface area (Å²) in [6, 6.07) is 7.80. The van der Waals surface area contributed by atoms with Crippen molar-refractivity contribution in [2.45, 2.75) is 6.42 Å². The number of hydrogen-bond donors (Lipinski definition) is 0. The maximum Gasteiger partial charge on any atom is 0.250 e. The Balaban J connectivity index is 0.000000720. The summed E-state index contributed by atoms with van der Waals surface area (Å²) in [5.41, 5.74) is 2.14. The molecule has 0 aliphatic carbocycles. The van der Waals surface area contributed by atoms with Gasteiger partial charge in [0.05, 0.1) is 6.42 Å². The van der Waals surface area contributed by atoms with Gasteiger partial charge < -0.3 is 0 Å². The number of carbonyl (C=O) groups is 1. The van der Waals surface area contributed by atoms with E-state index in [2.05, 4.69) is 4.99 Å². The number of halogens is 1. The zero-order valence-corrected chi connectivity index (χ0v) is 7.17. The molecule has 0 saturated heterocycles. The molecule has 0 aromatic heterocycles. The minimum atomic E-state index is -0.0521. The predicted octanol–water partition coefficient (Wildman–Crippen LogP) is 1.61. The number of benzene rings is 1. The van der Waals surface area contributed by atoms with Crippen LogP contribution in [-0.2, 0) is 11.2 Å². The minimum absolute atomic E-state index is 0. The smallest absolute Gasteiger partial charge is 0.250 e. The van der Waals surface area contributed by atoms with E-state index in [1.165, 1.54) is 0 Å². The van der Waals surface area contributed by atoms with Crippen molar-refractivity contribution in [1.82, 2.24) is 0 Å². The van der Waals surface area contributed by atoms with E-state index in [1.54, 1.807) is 6.21 Å². The maximum absolute atomic E-state index is 10.8. The van der Waals surface area contributed by atoms with E-state index in [1.807, 2.05) is 24.3 Å². The molecule has 1 heterocycles. The van der Waals surface area contributed by atoms with Crippen molar-refractivity contribution < 1.29 is 4.79 Å². The Labute approximate surface area is 76.7 Å². The Hall–Kier alpha value is -1.15. The number of amides is 1. The van der Waals surface area contributed by atoms with Crippen LogP contribution in [0.1, 0.15) is 11.1 Å². The summed E-state index contributed by atoms with van der Waals surface area (Å²) in [6.07, 6.45) is 2.08. The molecule has 0 saturated carbocycles. The summed E-state index contributed by atoms with van der Waals surface area (Å²) in [7, 11) is 0. The van der Waals surface area contributed by atoms with E-state index >= 15 is 0 Å². The second-order valence-electron chi connectivity index (χ2n) is 2.53. The number of rotatable bonds is 0. The molecule has 0 radical (unpaired) electrons. The van der Waals surface area contributed by atoms with Gasteiger partial charge in [-0.1, -0.05) is 24.3 Å². The van der Waals surface area contributed by atoms with Crippen LogP contribution < -0.4 is 0 Å². The molecule has 1 aromatic carbocycles. The number of fused-ring (bicyclic) bond motifs is 1. The van der Waals surface area contributed by atoms with Gasteiger partial charge in [0.2, 0.25) is 5.91 Å². The van der Waals surface area contributed by atoms with Crippen LogP contribution in [0, 0.1) is 0 Å². The zero-order valence-electron chi connectivity index (χ0n) is 6.36. The lowest BCUT2D eigenvalue weighted by Gasteiger charge is -2.06. The van der Waals surface area contributed by atoms with Gasteiger partial charge in [0, 0.05) is 6.21 Å². The van der Waals surface area contributed by atoms with E-state index in [0.717, 1.165) is 11.1 Å². The quantitative estimate of drug-likeness (QED) is 0.598. The van der Waals surface area contributed by atoms with E-state index < -0.39 is 0 Å². The first kappa shape index (κ1) is 8.94. The monoisotopic (exact) mass is 181 g/mol. The first-order valence-corrected chi connectivity index (χ1v) is 3.51. The molecule has 1 aliphatic rings. The SMILES string of the molecule is Cl.O=C1Cc2ccccc2C=N1. The van der Waals surface area contributed by atoms with Crippen molar-refractivity contribution in [3.63, 3.8) is 0 Å². The van der Waals surface area contributed by atoms with Crippen LogP contribution in [0.25, 0.3) is 0 Å². The van der Waals surface area contributed by atoms with Gasteiger partial charge in [-0.3, -0.25) is 4.79 Å². The molecule has 2 rings (SSSR count). The number of nitrogens with zero attached hydrogens (tertiary/aromatic N) is 1. The fourth-order valence-corrected chi connectivity index (χ4v) is 1.17. The Bertz CT molecular complexity index is 333. The van der Waals surface area contributed by atoms with Crippen molar-refractivity contribution in [3.8, 4) is 0 Å². The second-order valence-corrected chi connectivity index (χ2v) is 2.53. The molecule has 12 heavy (non-hydrogen) atoms. The fraction of sp³-hybridized carbons (Fsp3) is 0.111. The van der Waals surface area contributed by atoms with Crippen LogP contribution in [0.15, 0.2) is 29.3 Å². The van der Waals surface area contributed by atoms with Gasteiger partial charge in [-0.25, -0.2) is 4.99 Å². The minimum Gasteiger partial charge on any atom is -0.272 e. The van der Waals surface area contributed by atoms with Gasteiger partial charge in [-0.05, 0) is 11.1 Å². The van der Waals surface area contributed by atoms with Crippen LogP contribution in [0.3, 0.4) is 0 Å². The lowest BCUT2D eigenvalue weighted by molar-refractivity contribution is -0.117. The largest absolute Gasteiger partial charge is 0.272 e. The average molecular weight is 182 g/mol. The second kappa shape index (κ2) is 3.50. The highest BCUT2D eigenvalue weighted by atomic mass is 35.5. The van der Waals surface area contributed by atoms with Gasteiger partial charge >= 0.3 is 0 Å². The summed E-state index contributed by atoms with van der Waals surface area (Å²) in [6.45, 7) is 0. The molecule has 0 unspecified atom stereocenters. The molecular formula is C9H8ClNO. The Morgan fingerprint density at radius 3 is 2.83 bits per heavy atom. The summed E-state index contributed by atoms with van der Waals surface area (Å²) < 4.78 is 0. The topological polar surface area (TPSA) is 29.4 Å². The normalized spacial score (nSPS) is 13.5. The molecule has 2 nitrogen and oxygen atoms in total. The molecule has 62 valence electrons. The van der Waals surface area contributed by atoms with Crippen molar-refractivity contribution in [3.05, 3.63) is 35.4 Å². The molecule has 1 amide bonds. The predicted molar refractivity (Wildman–Crippen MR) is 50.0 cm³/mol. The van der Waals surface area contributed by atoms with Crippen LogP contribution in [0.2, 0.25) is 0 Å². The average Bonchev–Trinajstić information content (AvgIpc) is 2.04. The van der Waals surface area contributed by atoms with E-state index in [0.29, 0.717) is 6.42 Å². The third-order valence-electron chi connectivity index (χ3n) is 1.74. The number of aliphatic imine (C=N–C) groups is 1. The van der Waals surface area contributed by atoms with E-state index in [-0.39, 0.29) is 18.3 Å². The molecule has 0 bridgehead atoms. The summed E-state index contributed by atoms with van der Waals surface area (Å²) >= 11 is 0. The van der Waals surface area contributed by atoms with Crippen molar-refractivity contribution in [2.75, 3.05) is 0 Å². The van der Waals surface area contributed by atoms with Crippen LogP contribution in [-0.4, -0.2) is 12.1 Å². The van der Waals surface area contributed by atoms with Gasteiger partial charge in [0.1, 0.15) is 0 Å². The van der Waals surface area contributed by atoms with Crippen LogP contribution in [0.4, 0.5) is 0 Å². The third kappa shape index (κ3) is 1.53. The molecule has 3 heteroatoms. The molecule has 0 fully saturated rings. The zero-order chi connectivity index (χ0) is 7.68. The van der Waals surface area contributed by atoms with Gasteiger partial charge in [-0.15, -0.1) is 12.4 Å². The van der Waals surface area contributed by atoms with Crippen molar-refractivity contribution >= 4 is 24.5 Å². The molecule has 0 atom stereocenters. The van der Waals surface area contributed by atoms with Crippen LogP contribution in [0.5, 0.6) is 0 Å². The van der Waals surface area contributed by atoms with E-state index in [9.17, 15) is 4.79 Å². The van der Waals surface area contributed by atoms with Crippen LogP contribution >= 0.6 is 12.4 Å². The number of carbonyl (C=O) groups excluding carboxylic acids is 1. The highest BCUT2D eigenvalue weighted by Crippen LogP contribution is 2.11. The van der Waals surface area contributed by atoms with Gasteiger partial charge in [0.25, 0.3) is 0 Å². The Morgan fingerprint density at radius 1 is 1.25 bits per heavy atom. The standard InChI is InChI=1S/C9H7NO.ClH/c11-9-5-7-3-1-2-4-8(7)6-10-9;/h1-4,6H,5H2;1H. The molecule has 1 aromatic rings. The van der Waals surface area contributed by atoms with Gasteiger partial charge in [-0.2, -0.15) is 0 Å². The molecule has 1 aliphatic heterocycles. The van der Waals surface area contributed by atoms with Gasteiger partial charge in [0.15, 0.2) is 0 Å². The highest BCUT2D eigenvalue weighted by Gasteiger charge is 2.09. The first-order valence-electron chi connectivity index (χ1n) is 3.51. The maximum atomic E-state index is 10.8. The Kier molecular flexibility index (Phi) is 2.61. The molecule has 0 spiro atoms. The molecule has 0 N–H and O–H groups in total. The lowest BCUT2D eigenvalue weighted by Crippen LogP contribution is -2.07.